The van der Waals surface area contributed by atoms with Gasteiger partial charge in [0, 0.05) is 25.2 Å². The maximum absolute atomic E-state index is 13.2. The molecule has 0 bridgehead atoms. The Labute approximate surface area is 153 Å². The first kappa shape index (κ1) is 19.7. The fourth-order valence-corrected chi connectivity index (χ4v) is 5.04. The number of hydrogen-bond acceptors (Lipinski definition) is 6. The van der Waals surface area contributed by atoms with Gasteiger partial charge in [0.05, 0.1) is 13.2 Å². The summed E-state index contributed by atoms with van der Waals surface area (Å²) in [5.74, 6) is 0.981. The molecule has 0 radical (unpaired) electrons. The van der Waals surface area contributed by atoms with E-state index in [-0.39, 0.29) is 23.3 Å². The second kappa shape index (κ2) is 7.74. The van der Waals surface area contributed by atoms with Gasteiger partial charge in [-0.1, -0.05) is 23.4 Å². The fraction of sp³-hybridized carbons (Fsp3) is 0.438. The summed E-state index contributed by atoms with van der Waals surface area (Å²) in [6.07, 6.45) is 0. The Kier molecular flexibility index (Phi) is 6.10. The number of nitrogens with one attached hydrogen (secondary N) is 1. The molecular formula is C16H22ClN3O4S. The number of sulfonamides is 1. The summed E-state index contributed by atoms with van der Waals surface area (Å²) >= 11 is 0. The predicted octanol–water partition coefficient (Wildman–Crippen LogP) is 2.06. The van der Waals surface area contributed by atoms with E-state index in [1.54, 1.807) is 21.0 Å². The highest BCUT2D eigenvalue weighted by Crippen LogP contribution is 2.35. The van der Waals surface area contributed by atoms with Crippen LogP contribution >= 0.6 is 12.4 Å². The third-order valence-corrected chi connectivity index (χ3v) is 6.38. The first-order chi connectivity index (χ1) is 11.5. The molecule has 1 aliphatic heterocycles. The van der Waals surface area contributed by atoms with Crippen molar-refractivity contribution < 1.29 is 17.7 Å². The molecular weight excluding hydrogens is 366 g/mol. The van der Waals surface area contributed by atoms with Crippen molar-refractivity contribution in [3.05, 3.63) is 41.3 Å². The van der Waals surface area contributed by atoms with Crippen molar-refractivity contribution in [1.29, 1.82) is 0 Å². The molecule has 1 aliphatic rings. The molecule has 3 rings (SSSR count). The second-order valence-corrected chi connectivity index (χ2v) is 7.56. The molecule has 1 atom stereocenters. The standard InChI is InChI=1S/C16H21N3O4S.ClH/c1-11-16(12(2)23-18-11)24(20,21)19-9-8-17-10-14(19)13-6-4-5-7-15(13)22-3;/h4-7,14,17H,8-10H2,1-3H3;1H. The van der Waals surface area contributed by atoms with Gasteiger partial charge in [-0.05, 0) is 19.9 Å². The van der Waals surface area contributed by atoms with Crippen LogP contribution in [0, 0.1) is 13.8 Å². The highest BCUT2D eigenvalue weighted by atomic mass is 35.5. The van der Waals surface area contributed by atoms with Crippen molar-refractivity contribution in [3.63, 3.8) is 0 Å². The van der Waals surface area contributed by atoms with E-state index in [0.717, 1.165) is 5.56 Å². The molecule has 1 unspecified atom stereocenters. The molecule has 1 fully saturated rings. The van der Waals surface area contributed by atoms with Gasteiger partial charge in [-0.3, -0.25) is 0 Å². The number of rotatable bonds is 4. The maximum Gasteiger partial charge on any atom is 0.249 e. The summed E-state index contributed by atoms with van der Waals surface area (Å²) in [4.78, 5) is 0.157. The summed E-state index contributed by atoms with van der Waals surface area (Å²) in [6, 6.07) is 7.13. The molecule has 0 saturated carbocycles. The van der Waals surface area contributed by atoms with E-state index >= 15 is 0 Å². The van der Waals surface area contributed by atoms with Crippen LogP contribution in [0.3, 0.4) is 0 Å². The Hall–Kier alpha value is -1.61. The zero-order chi connectivity index (χ0) is 17.3. The number of hydrogen-bond donors (Lipinski definition) is 1. The molecule has 25 heavy (non-hydrogen) atoms. The predicted molar refractivity (Wildman–Crippen MR) is 95.7 cm³/mol. The molecule has 138 valence electrons. The first-order valence-electron chi connectivity index (χ1n) is 7.75. The Morgan fingerprint density at radius 2 is 2.04 bits per heavy atom. The normalized spacial score (nSPS) is 18.6. The highest BCUT2D eigenvalue weighted by Gasteiger charge is 2.38. The summed E-state index contributed by atoms with van der Waals surface area (Å²) in [6.45, 7) is 4.74. The van der Waals surface area contributed by atoms with E-state index in [1.807, 2.05) is 24.3 Å². The average molecular weight is 388 g/mol. The van der Waals surface area contributed by atoms with Gasteiger partial charge in [-0.25, -0.2) is 8.42 Å². The van der Waals surface area contributed by atoms with Crippen LogP contribution in [-0.2, 0) is 10.0 Å². The summed E-state index contributed by atoms with van der Waals surface area (Å²) in [7, 11) is -2.14. The van der Waals surface area contributed by atoms with Gasteiger partial charge >= 0.3 is 0 Å². The number of piperazine rings is 1. The maximum atomic E-state index is 13.2. The van der Waals surface area contributed by atoms with Gasteiger partial charge in [0.25, 0.3) is 0 Å². The molecule has 0 spiro atoms. The second-order valence-electron chi connectivity index (χ2n) is 5.73. The summed E-state index contributed by atoms with van der Waals surface area (Å²) in [5.41, 5.74) is 1.22. The topological polar surface area (TPSA) is 84.7 Å². The minimum absolute atomic E-state index is 0. The van der Waals surface area contributed by atoms with Crippen LogP contribution in [0.5, 0.6) is 5.75 Å². The molecule has 9 heteroatoms. The van der Waals surface area contributed by atoms with E-state index in [9.17, 15) is 8.42 Å². The quantitative estimate of drug-likeness (QED) is 0.864. The van der Waals surface area contributed by atoms with Crippen LogP contribution in [0.2, 0.25) is 0 Å². The Bertz CT molecular complexity index is 818. The van der Waals surface area contributed by atoms with Crippen molar-refractivity contribution in [2.24, 2.45) is 0 Å². The molecule has 1 aromatic heterocycles. The Balaban J connectivity index is 0.00000225. The molecule has 7 nitrogen and oxygen atoms in total. The van der Waals surface area contributed by atoms with Gasteiger partial charge in [0.2, 0.25) is 10.0 Å². The zero-order valence-corrected chi connectivity index (χ0v) is 16.0. The third kappa shape index (κ3) is 3.52. The SMILES string of the molecule is COc1ccccc1C1CNCCN1S(=O)(=O)c1c(C)noc1C.Cl. The van der Waals surface area contributed by atoms with Gasteiger partial charge in [-0.2, -0.15) is 4.31 Å². The number of halogens is 1. The lowest BCUT2D eigenvalue weighted by molar-refractivity contribution is 0.264. The van der Waals surface area contributed by atoms with Crippen molar-refractivity contribution >= 4 is 22.4 Å². The molecule has 2 aromatic rings. The largest absolute Gasteiger partial charge is 0.496 e. The van der Waals surface area contributed by atoms with E-state index < -0.39 is 10.0 Å². The lowest BCUT2D eigenvalue weighted by Crippen LogP contribution is -2.48. The highest BCUT2D eigenvalue weighted by molar-refractivity contribution is 7.89. The van der Waals surface area contributed by atoms with Crippen LogP contribution in [0.25, 0.3) is 0 Å². The van der Waals surface area contributed by atoms with E-state index in [4.69, 9.17) is 9.26 Å². The van der Waals surface area contributed by atoms with E-state index in [0.29, 0.717) is 36.8 Å². The molecule has 1 aromatic carbocycles. The number of methoxy groups -OCH3 is 1. The van der Waals surface area contributed by atoms with E-state index in [1.165, 1.54) is 4.31 Å². The van der Waals surface area contributed by atoms with Gasteiger partial charge in [0.15, 0.2) is 5.76 Å². The number of benzene rings is 1. The number of nitrogens with zero attached hydrogens (tertiary/aromatic N) is 2. The summed E-state index contributed by atoms with van der Waals surface area (Å²) in [5, 5.41) is 7.05. The van der Waals surface area contributed by atoms with Gasteiger partial charge in [0.1, 0.15) is 16.3 Å². The Morgan fingerprint density at radius 3 is 2.68 bits per heavy atom. The number of para-hydroxylation sites is 1. The zero-order valence-electron chi connectivity index (χ0n) is 14.4. The molecule has 1 saturated heterocycles. The van der Waals surface area contributed by atoms with Crippen LogP contribution < -0.4 is 10.1 Å². The first-order valence-corrected chi connectivity index (χ1v) is 9.19. The van der Waals surface area contributed by atoms with E-state index in [2.05, 4.69) is 10.5 Å². The minimum atomic E-state index is -3.72. The van der Waals surface area contributed by atoms with Crippen molar-refractivity contribution in [3.8, 4) is 5.75 Å². The average Bonchev–Trinajstić information content (AvgIpc) is 2.94. The van der Waals surface area contributed by atoms with Crippen molar-refractivity contribution in [2.45, 2.75) is 24.8 Å². The minimum Gasteiger partial charge on any atom is -0.496 e. The van der Waals surface area contributed by atoms with Crippen LogP contribution in [-0.4, -0.2) is 44.6 Å². The van der Waals surface area contributed by atoms with Gasteiger partial charge in [-0.15, -0.1) is 12.4 Å². The molecule has 1 N–H and O–H groups in total. The van der Waals surface area contributed by atoms with Crippen LogP contribution in [0.15, 0.2) is 33.7 Å². The van der Waals surface area contributed by atoms with Crippen molar-refractivity contribution in [2.75, 3.05) is 26.7 Å². The van der Waals surface area contributed by atoms with Crippen LogP contribution in [0.4, 0.5) is 0 Å². The lowest BCUT2D eigenvalue weighted by Gasteiger charge is -2.35. The fourth-order valence-electron chi connectivity index (χ4n) is 3.14. The summed E-state index contributed by atoms with van der Waals surface area (Å²) < 4.78 is 38.4. The molecule has 0 aliphatic carbocycles. The Morgan fingerprint density at radius 1 is 1.32 bits per heavy atom. The van der Waals surface area contributed by atoms with Crippen molar-refractivity contribution in [1.82, 2.24) is 14.8 Å². The smallest absolute Gasteiger partial charge is 0.249 e. The van der Waals surface area contributed by atoms with Crippen LogP contribution in [0.1, 0.15) is 23.1 Å². The number of aryl methyl sites for hydroxylation is 2. The third-order valence-electron chi connectivity index (χ3n) is 4.23. The lowest BCUT2D eigenvalue weighted by atomic mass is 10.0. The number of aromatic nitrogens is 1. The monoisotopic (exact) mass is 387 g/mol. The number of ether oxygens (including phenoxy) is 1. The van der Waals surface area contributed by atoms with Gasteiger partial charge < -0.3 is 14.6 Å². The molecule has 2 heterocycles. The molecule has 0 amide bonds.